The molecule has 0 rings (SSSR count). The third-order valence-corrected chi connectivity index (χ3v) is 3.35. The Hall–Kier alpha value is -0.830. The van der Waals surface area contributed by atoms with Crippen LogP contribution in [0.15, 0.2) is 72.9 Å². The second-order valence-electron chi connectivity index (χ2n) is 5.58. The number of unbranched alkanes of at least 4 members (excludes halogenated alkanes) is 7. The Balaban J connectivity index is -0.000000882. The van der Waals surface area contributed by atoms with Gasteiger partial charge in [0.15, 0.2) is 0 Å². The van der Waals surface area contributed by atoms with Crippen LogP contribution in [0, 0.1) is 0 Å². The Labute approximate surface area is 186 Å². The van der Waals surface area contributed by atoms with Gasteiger partial charge < -0.3 is 7.96 Å². The second kappa shape index (κ2) is 23.2. The van der Waals surface area contributed by atoms with Gasteiger partial charge in [0.05, 0.1) is 0 Å². The fraction of sp³-hybridized carbons (Fsp3) is 0.409. The van der Waals surface area contributed by atoms with Crippen LogP contribution in [0.25, 0.3) is 0 Å². The van der Waals surface area contributed by atoms with Gasteiger partial charge in [-0.2, -0.15) is 0 Å². The molecule has 0 bridgehead atoms. The maximum absolute atomic E-state index is 10.2. The molecule has 3 heteroatoms. The van der Waals surface area contributed by atoms with Crippen LogP contribution in [-0.4, -0.2) is 48.8 Å². The number of carbonyl (C=O) groups is 1. The minimum absolute atomic E-state index is 0. The van der Waals surface area contributed by atoms with Crippen molar-refractivity contribution in [2.45, 2.75) is 58.3 Å². The Kier molecular flexibility index (Phi) is 24.5. The van der Waals surface area contributed by atoms with E-state index >= 15 is 0 Å². The van der Waals surface area contributed by atoms with Gasteiger partial charge in [-0.3, -0.25) is 0 Å². The Morgan fingerprint density at radius 2 is 1.16 bits per heavy atom. The summed E-state index contributed by atoms with van der Waals surface area (Å²) in [6, 6.07) is 0. The van der Waals surface area contributed by atoms with Crippen LogP contribution in [0.4, 0.5) is 0 Å². The van der Waals surface area contributed by atoms with Crippen LogP contribution in [0.3, 0.4) is 0 Å². The molecule has 0 radical (unpaired) electrons. The Morgan fingerprint density at radius 1 is 0.720 bits per heavy atom. The molecule has 0 aromatic heterocycles. The quantitative estimate of drug-likeness (QED) is 0.166. The zero-order valence-electron chi connectivity index (χ0n) is 17.6. The van der Waals surface area contributed by atoms with E-state index in [0.717, 1.165) is 12.5 Å². The minimum Gasteiger partial charge on any atom is -1.00 e. The van der Waals surface area contributed by atoms with E-state index < -0.39 is 5.97 Å². The van der Waals surface area contributed by atoms with Crippen LogP contribution in [-0.2, 0) is 4.79 Å². The predicted molar refractivity (Wildman–Crippen MR) is 113 cm³/mol. The van der Waals surface area contributed by atoms with Crippen molar-refractivity contribution in [3.8, 4) is 0 Å². The number of allylic oxidation sites excluding steroid dienone is 11. The van der Waals surface area contributed by atoms with Gasteiger partial charge in [0, 0.05) is 6.08 Å². The first-order valence-corrected chi connectivity index (χ1v) is 9.00. The zero-order chi connectivity index (χ0) is 17.7. The molecule has 0 aliphatic heterocycles. The summed E-state index contributed by atoms with van der Waals surface area (Å²) in [5.41, 5.74) is 0. The van der Waals surface area contributed by atoms with Gasteiger partial charge in [-0.15, -0.1) is 0 Å². The molecule has 0 amide bonds. The number of carboxylic acids is 1. The molecule has 136 valence electrons. The van der Waals surface area contributed by atoms with Crippen LogP contribution < -0.4 is 0 Å². The van der Waals surface area contributed by atoms with Gasteiger partial charge in [0.1, 0.15) is 0 Å². The summed E-state index contributed by atoms with van der Waals surface area (Å²) in [6.07, 6.45) is 32.7. The van der Waals surface area contributed by atoms with Gasteiger partial charge in [-0.25, -0.2) is 4.79 Å². The molecule has 0 spiro atoms. The molecule has 1 N–H and O–H groups in total. The van der Waals surface area contributed by atoms with E-state index in [-0.39, 0.29) is 40.6 Å². The molecule has 0 fully saturated rings. The maximum atomic E-state index is 10.2. The van der Waals surface area contributed by atoms with Crippen molar-refractivity contribution in [1.29, 1.82) is 0 Å². The van der Waals surface area contributed by atoms with Crippen molar-refractivity contribution >= 4 is 43.7 Å². The maximum Gasteiger partial charge on any atom is 2.00 e. The second-order valence-corrected chi connectivity index (χ2v) is 5.58. The summed E-state index contributed by atoms with van der Waals surface area (Å²) >= 11 is 0. The zero-order valence-corrected chi connectivity index (χ0v) is 17.9. The van der Waals surface area contributed by atoms with Crippen LogP contribution >= 0.6 is 0 Å². The third-order valence-electron chi connectivity index (χ3n) is 3.35. The average molecular weight is 371 g/mol. The van der Waals surface area contributed by atoms with E-state index in [1.165, 1.54) is 51.0 Å². The predicted octanol–water partition coefficient (Wildman–Crippen LogP) is 6.39. The molecule has 0 unspecified atom stereocenters. The molecule has 0 aromatic carbocycles. The third kappa shape index (κ3) is 25.5. The van der Waals surface area contributed by atoms with Gasteiger partial charge in [0.25, 0.3) is 0 Å². The van der Waals surface area contributed by atoms with E-state index in [4.69, 9.17) is 5.11 Å². The number of carboxylic acid groups (broad SMARTS) is 1. The summed E-state index contributed by atoms with van der Waals surface area (Å²) < 4.78 is 0. The average Bonchev–Trinajstić information content (AvgIpc) is 2.56. The first-order valence-electron chi connectivity index (χ1n) is 9.00. The monoisotopic (exact) mass is 370 g/mol. The molecule has 0 atom stereocenters. The summed E-state index contributed by atoms with van der Waals surface area (Å²) in [5, 5.41) is 8.39. The van der Waals surface area contributed by atoms with Gasteiger partial charge >= 0.3 is 43.7 Å². The number of rotatable bonds is 14. The summed E-state index contributed by atoms with van der Waals surface area (Å²) in [6.45, 7) is 2.25. The standard InChI is InChI=1S/C22H32O2.Ca.2H/c1-2-3-4-5-6-7-8-9-10-11-12-13-14-15-16-17-18-19-20-21-22(23)24;;;/h10-21H,2-9H2,1H3,(H,23,24);;;/q;+2;2*-1. The van der Waals surface area contributed by atoms with E-state index in [2.05, 4.69) is 19.1 Å². The Bertz CT molecular complexity index is 479. The molecule has 0 saturated heterocycles. The molecule has 2 nitrogen and oxygen atoms in total. The Morgan fingerprint density at radius 3 is 1.68 bits per heavy atom. The number of hydrogen-bond donors (Lipinski definition) is 1. The van der Waals surface area contributed by atoms with Crippen molar-refractivity contribution in [2.24, 2.45) is 0 Å². The normalized spacial score (nSPS) is 12.5. The summed E-state index contributed by atoms with van der Waals surface area (Å²) in [4.78, 5) is 10.2. The summed E-state index contributed by atoms with van der Waals surface area (Å²) in [7, 11) is 0. The van der Waals surface area contributed by atoms with Crippen LogP contribution in [0.2, 0.25) is 0 Å². The molecule has 0 aliphatic carbocycles. The fourth-order valence-corrected chi connectivity index (χ4v) is 2.05. The van der Waals surface area contributed by atoms with E-state index in [0.29, 0.717) is 0 Å². The number of hydrogen-bond acceptors (Lipinski definition) is 1. The molecule has 0 aliphatic rings. The minimum atomic E-state index is -0.936. The molecular formula is C22H34CaO2. The molecule has 0 saturated carbocycles. The summed E-state index contributed by atoms with van der Waals surface area (Å²) in [5.74, 6) is -0.936. The molecule has 25 heavy (non-hydrogen) atoms. The smallest absolute Gasteiger partial charge is 1.00 e. The van der Waals surface area contributed by atoms with Crippen LogP contribution in [0.1, 0.15) is 61.1 Å². The van der Waals surface area contributed by atoms with Gasteiger partial charge in [-0.1, -0.05) is 112 Å². The molecule has 0 heterocycles. The van der Waals surface area contributed by atoms with Crippen LogP contribution in [0.5, 0.6) is 0 Å². The molecular weight excluding hydrogens is 336 g/mol. The molecule has 0 aromatic rings. The van der Waals surface area contributed by atoms with Crippen molar-refractivity contribution in [1.82, 2.24) is 0 Å². The van der Waals surface area contributed by atoms with Crippen molar-refractivity contribution in [2.75, 3.05) is 0 Å². The van der Waals surface area contributed by atoms with E-state index in [1.54, 1.807) is 12.2 Å². The number of aliphatic carboxylic acids is 1. The van der Waals surface area contributed by atoms with Crippen molar-refractivity contribution < 1.29 is 12.8 Å². The SMILES string of the molecule is CCCCCCCCCC=CC=CC=CC=CC=CC=CC(=O)O.[Ca+2].[H-].[H-]. The first kappa shape index (κ1) is 26.4. The van der Waals surface area contributed by atoms with E-state index in [9.17, 15) is 4.79 Å². The van der Waals surface area contributed by atoms with E-state index in [1.807, 2.05) is 36.5 Å². The fourth-order valence-electron chi connectivity index (χ4n) is 2.05. The van der Waals surface area contributed by atoms with Gasteiger partial charge in [-0.05, 0) is 12.8 Å². The topological polar surface area (TPSA) is 37.3 Å². The largest absolute Gasteiger partial charge is 2.00 e. The van der Waals surface area contributed by atoms with Crippen molar-refractivity contribution in [3.63, 3.8) is 0 Å². The first-order chi connectivity index (χ1) is 11.8. The van der Waals surface area contributed by atoms with Crippen molar-refractivity contribution in [3.05, 3.63) is 72.9 Å². The van der Waals surface area contributed by atoms with Gasteiger partial charge in [0.2, 0.25) is 0 Å².